The maximum Gasteiger partial charge on any atom is 0.254 e. The fraction of sp³-hybridized carbons (Fsp3) is 0.345. The molecule has 1 fully saturated rings. The molecule has 0 saturated carbocycles. The number of likely N-dealkylation sites (N-methyl/N-ethyl adjacent to an activating group) is 1. The Morgan fingerprint density at radius 3 is 2.26 bits per heavy atom. The molecule has 198 valence electrons. The van der Waals surface area contributed by atoms with Crippen LogP contribution in [0.25, 0.3) is 0 Å². The van der Waals surface area contributed by atoms with Crippen LogP contribution in [-0.4, -0.2) is 80.3 Å². The van der Waals surface area contributed by atoms with Gasteiger partial charge >= 0.3 is 0 Å². The second-order valence-corrected chi connectivity index (χ2v) is 10.3. The number of benzene rings is 2. The average Bonchev–Trinajstić information content (AvgIpc) is 2.98. The van der Waals surface area contributed by atoms with Crippen LogP contribution in [-0.2, 0) is 4.79 Å². The number of carbonyl (C=O) groups excluding carboxylic acids is 2. The SMILES string of the molecule is COc1cc2c(cc1OC)[C@H](C(=O)N1CCN(c3ccccn3)CC1)[C@@H](c1ccc(SC)cc1)N(C)C2=O. The quantitative estimate of drug-likeness (QED) is 0.443. The lowest BCUT2D eigenvalue weighted by atomic mass is 9.78. The molecule has 2 atom stereocenters. The lowest BCUT2D eigenvalue weighted by Crippen LogP contribution is -2.53. The Labute approximate surface area is 227 Å². The van der Waals surface area contributed by atoms with Gasteiger partial charge in [-0.2, -0.15) is 0 Å². The van der Waals surface area contributed by atoms with Gasteiger partial charge < -0.3 is 24.2 Å². The van der Waals surface area contributed by atoms with E-state index in [2.05, 4.69) is 9.88 Å². The van der Waals surface area contributed by atoms with Crippen LogP contribution >= 0.6 is 11.8 Å². The molecule has 5 rings (SSSR count). The fourth-order valence-electron chi connectivity index (χ4n) is 5.43. The van der Waals surface area contributed by atoms with E-state index in [0.29, 0.717) is 48.8 Å². The molecule has 0 unspecified atom stereocenters. The molecule has 2 amide bonds. The van der Waals surface area contributed by atoms with Gasteiger partial charge in [-0.05, 0) is 53.8 Å². The summed E-state index contributed by atoms with van der Waals surface area (Å²) in [7, 11) is 4.88. The van der Waals surface area contributed by atoms with Gasteiger partial charge in [0.2, 0.25) is 5.91 Å². The van der Waals surface area contributed by atoms with Crippen molar-refractivity contribution in [3.63, 3.8) is 0 Å². The summed E-state index contributed by atoms with van der Waals surface area (Å²) in [6.45, 7) is 2.53. The number of pyridine rings is 1. The fourth-order valence-corrected chi connectivity index (χ4v) is 5.83. The summed E-state index contributed by atoms with van der Waals surface area (Å²) in [5, 5.41) is 0. The van der Waals surface area contributed by atoms with Gasteiger partial charge in [0, 0.05) is 49.9 Å². The van der Waals surface area contributed by atoms with Gasteiger partial charge in [0.25, 0.3) is 5.91 Å². The predicted octanol–water partition coefficient (Wildman–Crippen LogP) is 4.08. The number of amides is 2. The summed E-state index contributed by atoms with van der Waals surface area (Å²) in [6.07, 6.45) is 3.81. The number of piperazine rings is 1. The minimum Gasteiger partial charge on any atom is -0.493 e. The number of rotatable bonds is 6. The molecular weight excluding hydrogens is 500 g/mol. The summed E-state index contributed by atoms with van der Waals surface area (Å²) in [5.74, 6) is 1.13. The van der Waals surface area contributed by atoms with E-state index in [1.807, 2.05) is 53.6 Å². The van der Waals surface area contributed by atoms with Crippen molar-refractivity contribution in [2.75, 3.05) is 58.6 Å². The summed E-state index contributed by atoms with van der Waals surface area (Å²) < 4.78 is 11.1. The lowest BCUT2D eigenvalue weighted by Gasteiger charge is -2.43. The van der Waals surface area contributed by atoms with E-state index in [0.717, 1.165) is 16.3 Å². The first-order chi connectivity index (χ1) is 18.5. The topological polar surface area (TPSA) is 75.2 Å². The Kier molecular flexibility index (Phi) is 7.46. The molecule has 3 heterocycles. The molecule has 0 aliphatic carbocycles. The first-order valence-electron chi connectivity index (χ1n) is 12.6. The van der Waals surface area contributed by atoms with E-state index in [4.69, 9.17) is 9.47 Å². The van der Waals surface area contributed by atoms with Crippen molar-refractivity contribution in [1.82, 2.24) is 14.8 Å². The number of nitrogens with zero attached hydrogens (tertiary/aromatic N) is 4. The molecule has 0 N–H and O–H groups in total. The summed E-state index contributed by atoms with van der Waals surface area (Å²) in [6, 6.07) is 17.0. The van der Waals surface area contributed by atoms with Crippen molar-refractivity contribution in [2.24, 2.45) is 0 Å². The Morgan fingerprint density at radius 1 is 0.974 bits per heavy atom. The molecule has 2 aliphatic rings. The molecule has 8 nitrogen and oxygen atoms in total. The van der Waals surface area contributed by atoms with Crippen LogP contribution in [0.15, 0.2) is 65.7 Å². The molecule has 0 radical (unpaired) electrons. The maximum atomic E-state index is 14.3. The van der Waals surface area contributed by atoms with E-state index in [9.17, 15) is 9.59 Å². The van der Waals surface area contributed by atoms with Gasteiger partial charge in [0.1, 0.15) is 5.82 Å². The third-order valence-electron chi connectivity index (χ3n) is 7.46. The predicted molar refractivity (Wildman–Crippen MR) is 148 cm³/mol. The summed E-state index contributed by atoms with van der Waals surface area (Å²) >= 11 is 1.66. The van der Waals surface area contributed by atoms with Crippen LogP contribution in [0.2, 0.25) is 0 Å². The van der Waals surface area contributed by atoms with Crippen LogP contribution in [0.4, 0.5) is 5.82 Å². The van der Waals surface area contributed by atoms with E-state index in [-0.39, 0.29) is 11.8 Å². The second-order valence-electron chi connectivity index (χ2n) is 9.41. The zero-order chi connectivity index (χ0) is 26.8. The first-order valence-corrected chi connectivity index (χ1v) is 13.8. The van der Waals surface area contributed by atoms with Crippen molar-refractivity contribution in [3.05, 3.63) is 77.5 Å². The van der Waals surface area contributed by atoms with Crippen LogP contribution in [0, 0.1) is 0 Å². The zero-order valence-electron chi connectivity index (χ0n) is 22.1. The lowest BCUT2D eigenvalue weighted by molar-refractivity contribution is -0.134. The molecule has 1 aromatic heterocycles. The Morgan fingerprint density at radius 2 is 1.66 bits per heavy atom. The summed E-state index contributed by atoms with van der Waals surface area (Å²) in [4.78, 5) is 39.4. The highest BCUT2D eigenvalue weighted by atomic mass is 32.2. The maximum absolute atomic E-state index is 14.3. The van der Waals surface area contributed by atoms with E-state index < -0.39 is 12.0 Å². The van der Waals surface area contributed by atoms with Gasteiger partial charge in [-0.3, -0.25) is 9.59 Å². The third kappa shape index (κ3) is 4.67. The Hall–Kier alpha value is -3.72. The van der Waals surface area contributed by atoms with Crippen LogP contribution in [0.3, 0.4) is 0 Å². The monoisotopic (exact) mass is 532 g/mol. The molecule has 1 saturated heterocycles. The number of hydrogen-bond donors (Lipinski definition) is 0. The second kappa shape index (κ2) is 10.9. The normalized spacial score (nSPS) is 19.3. The minimum atomic E-state index is -0.589. The van der Waals surface area contributed by atoms with Crippen molar-refractivity contribution in [3.8, 4) is 11.5 Å². The van der Waals surface area contributed by atoms with E-state index >= 15 is 0 Å². The highest BCUT2D eigenvalue weighted by Crippen LogP contribution is 2.46. The number of thioether (sulfide) groups is 1. The van der Waals surface area contributed by atoms with Crippen molar-refractivity contribution in [1.29, 1.82) is 0 Å². The molecule has 9 heteroatoms. The molecule has 3 aromatic rings. The average molecular weight is 533 g/mol. The zero-order valence-corrected chi connectivity index (χ0v) is 22.9. The van der Waals surface area contributed by atoms with Crippen molar-refractivity contribution < 1.29 is 19.1 Å². The van der Waals surface area contributed by atoms with E-state index in [1.54, 1.807) is 56.3 Å². The Balaban J connectivity index is 1.54. The molecule has 2 aliphatic heterocycles. The summed E-state index contributed by atoms with van der Waals surface area (Å²) in [5.41, 5.74) is 2.05. The number of methoxy groups -OCH3 is 2. The van der Waals surface area contributed by atoms with Gasteiger partial charge in [-0.25, -0.2) is 4.98 Å². The van der Waals surface area contributed by atoms with Gasteiger partial charge in [0.05, 0.1) is 26.2 Å². The molecule has 0 bridgehead atoms. The number of aromatic nitrogens is 1. The molecular formula is C29H32N4O4S. The smallest absolute Gasteiger partial charge is 0.254 e. The number of hydrogen-bond acceptors (Lipinski definition) is 7. The van der Waals surface area contributed by atoms with Gasteiger partial charge in [0.15, 0.2) is 11.5 Å². The Bertz CT molecular complexity index is 1310. The van der Waals surface area contributed by atoms with Gasteiger partial charge in [-0.1, -0.05) is 18.2 Å². The van der Waals surface area contributed by atoms with E-state index in [1.165, 1.54) is 0 Å². The van der Waals surface area contributed by atoms with Crippen LogP contribution < -0.4 is 14.4 Å². The molecule has 2 aromatic carbocycles. The van der Waals surface area contributed by atoms with Gasteiger partial charge in [-0.15, -0.1) is 11.8 Å². The largest absolute Gasteiger partial charge is 0.493 e. The number of anilines is 1. The number of carbonyl (C=O) groups is 2. The third-order valence-corrected chi connectivity index (χ3v) is 8.21. The first kappa shape index (κ1) is 25.9. The minimum absolute atomic E-state index is 0.00238. The molecule has 0 spiro atoms. The highest BCUT2D eigenvalue weighted by Gasteiger charge is 2.45. The molecule has 38 heavy (non-hydrogen) atoms. The van der Waals surface area contributed by atoms with Crippen molar-refractivity contribution >= 4 is 29.4 Å². The number of ether oxygens (including phenoxy) is 2. The number of fused-ring (bicyclic) bond motifs is 1. The standard InChI is InChI=1S/C29H32N4O4S/c1-31-27(19-8-10-20(38-4)11-9-19)26(21-17-23(36-2)24(37-3)18-22(21)28(31)34)29(35)33-15-13-32(14-16-33)25-7-5-6-12-30-25/h5-12,17-18,26-27H,13-16H2,1-4H3/t26-,27+/m0/s1. The van der Waals surface area contributed by atoms with Crippen LogP contribution in [0.5, 0.6) is 11.5 Å². The van der Waals surface area contributed by atoms with Crippen LogP contribution in [0.1, 0.15) is 33.4 Å². The highest BCUT2D eigenvalue weighted by molar-refractivity contribution is 7.98. The van der Waals surface area contributed by atoms with Crippen molar-refractivity contribution in [2.45, 2.75) is 16.9 Å².